The first kappa shape index (κ1) is 8.92. The largest absolute Gasteiger partial charge is 0.351 e. The zero-order valence-corrected chi connectivity index (χ0v) is 8.69. The first-order valence-electron chi connectivity index (χ1n) is 5.26. The van der Waals surface area contributed by atoms with Gasteiger partial charge in [-0.25, -0.2) is 0 Å². The quantitative estimate of drug-likeness (QED) is 0.646. The molecule has 0 radical (unpaired) electrons. The van der Waals surface area contributed by atoms with E-state index in [0.29, 0.717) is 13.0 Å². The van der Waals surface area contributed by atoms with Crippen LogP contribution in [0.5, 0.6) is 0 Å². The molecular weight excluding hydrogens is 190 g/mol. The minimum Gasteiger partial charge on any atom is -0.351 e. The number of hydrogen-bond donors (Lipinski definition) is 0. The molecule has 3 rings (SSSR count). The molecule has 15 heavy (non-hydrogen) atoms. The van der Waals surface area contributed by atoms with Crippen molar-refractivity contribution in [3.8, 4) is 0 Å². The normalized spacial score (nSPS) is 28.9. The number of carbonyl (C=O) groups is 1. The van der Waals surface area contributed by atoms with Gasteiger partial charge in [0.15, 0.2) is 0 Å². The first-order valence-corrected chi connectivity index (χ1v) is 5.26. The van der Waals surface area contributed by atoms with Gasteiger partial charge in [-0.1, -0.05) is 18.2 Å². The van der Waals surface area contributed by atoms with Crippen LogP contribution in [0, 0.1) is 0 Å². The molecule has 0 saturated carbocycles. The molecule has 1 atom stereocenters. The van der Waals surface area contributed by atoms with Crippen molar-refractivity contribution in [2.75, 3.05) is 4.90 Å². The lowest BCUT2D eigenvalue weighted by Gasteiger charge is -2.40. The molecule has 3 heteroatoms. The number of nitrogens with zero attached hydrogens (tertiary/aromatic N) is 1. The molecule has 1 amide bonds. The summed E-state index contributed by atoms with van der Waals surface area (Å²) in [7, 11) is 0. The third-order valence-electron chi connectivity index (χ3n) is 3.30. The van der Waals surface area contributed by atoms with Gasteiger partial charge in [0.25, 0.3) is 0 Å². The van der Waals surface area contributed by atoms with Crippen molar-refractivity contribution in [3.63, 3.8) is 0 Å². The summed E-state index contributed by atoms with van der Waals surface area (Å²) in [6, 6.07) is 7.96. The standard InChI is InChI=1S/C12H13NO2/c1-12-7-6-11(14)13(12)10-5-3-2-4-9(10)8-15-12/h2-5H,6-8H2,1H3. The lowest BCUT2D eigenvalue weighted by atomic mass is 10.1. The van der Waals surface area contributed by atoms with Gasteiger partial charge in [0.05, 0.1) is 12.3 Å². The van der Waals surface area contributed by atoms with E-state index in [-0.39, 0.29) is 5.91 Å². The number of carbonyl (C=O) groups excluding carboxylic acids is 1. The van der Waals surface area contributed by atoms with Crippen LogP contribution in [-0.4, -0.2) is 11.6 Å². The Hall–Kier alpha value is -1.35. The van der Waals surface area contributed by atoms with E-state index in [1.807, 2.05) is 36.1 Å². The first-order chi connectivity index (χ1) is 7.21. The molecule has 1 saturated heterocycles. The Morgan fingerprint density at radius 3 is 3.07 bits per heavy atom. The molecule has 0 bridgehead atoms. The summed E-state index contributed by atoms with van der Waals surface area (Å²) in [5.41, 5.74) is 1.71. The molecule has 1 unspecified atom stereocenters. The SMILES string of the molecule is CC12CCC(=O)N1c1ccccc1CO2. The molecule has 78 valence electrons. The van der Waals surface area contributed by atoms with E-state index < -0.39 is 5.72 Å². The summed E-state index contributed by atoms with van der Waals surface area (Å²) in [5.74, 6) is 0.171. The van der Waals surface area contributed by atoms with Crippen LogP contribution in [0.2, 0.25) is 0 Å². The summed E-state index contributed by atoms with van der Waals surface area (Å²) in [5, 5.41) is 0. The highest BCUT2D eigenvalue weighted by Crippen LogP contribution is 2.41. The van der Waals surface area contributed by atoms with E-state index in [4.69, 9.17) is 4.74 Å². The van der Waals surface area contributed by atoms with Crippen molar-refractivity contribution in [2.45, 2.75) is 32.1 Å². The van der Waals surface area contributed by atoms with Crippen LogP contribution in [0.15, 0.2) is 24.3 Å². The fourth-order valence-corrected chi connectivity index (χ4v) is 2.44. The van der Waals surface area contributed by atoms with E-state index in [0.717, 1.165) is 17.7 Å². The maximum Gasteiger partial charge on any atom is 0.229 e. The van der Waals surface area contributed by atoms with Crippen LogP contribution in [0.25, 0.3) is 0 Å². The van der Waals surface area contributed by atoms with Crippen molar-refractivity contribution in [3.05, 3.63) is 29.8 Å². The number of rotatable bonds is 0. The third kappa shape index (κ3) is 1.13. The maximum atomic E-state index is 11.8. The van der Waals surface area contributed by atoms with E-state index in [1.54, 1.807) is 0 Å². The number of anilines is 1. The maximum absolute atomic E-state index is 11.8. The Labute approximate surface area is 88.6 Å². The Kier molecular flexibility index (Phi) is 1.68. The monoisotopic (exact) mass is 203 g/mol. The molecular formula is C12H13NO2. The lowest BCUT2D eigenvalue weighted by molar-refractivity contribution is -0.120. The van der Waals surface area contributed by atoms with Gasteiger partial charge in [-0.2, -0.15) is 0 Å². The highest BCUT2D eigenvalue weighted by Gasteiger charge is 2.46. The predicted octanol–water partition coefficient (Wildman–Crippen LogP) is 2.06. The molecule has 2 heterocycles. The second kappa shape index (κ2) is 2.83. The Bertz CT molecular complexity index is 429. The number of fused-ring (bicyclic) bond motifs is 3. The predicted molar refractivity (Wildman–Crippen MR) is 56.4 cm³/mol. The topological polar surface area (TPSA) is 29.5 Å². The van der Waals surface area contributed by atoms with Gasteiger partial charge < -0.3 is 4.74 Å². The van der Waals surface area contributed by atoms with Gasteiger partial charge in [-0.3, -0.25) is 9.69 Å². The molecule has 0 aliphatic carbocycles. The van der Waals surface area contributed by atoms with E-state index in [2.05, 4.69) is 0 Å². The minimum absolute atomic E-state index is 0.171. The third-order valence-corrected chi connectivity index (χ3v) is 3.30. The average Bonchev–Trinajstić information content (AvgIpc) is 2.56. The average molecular weight is 203 g/mol. The molecule has 0 N–H and O–H groups in total. The van der Waals surface area contributed by atoms with Crippen LogP contribution < -0.4 is 4.90 Å². The van der Waals surface area contributed by atoms with Crippen LogP contribution in [0.4, 0.5) is 5.69 Å². The van der Waals surface area contributed by atoms with Crippen LogP contribution in [-0.2, 0) is 16.1 Å². The second-order valence-corrected chi connectivity index (χ2v) is 4.32. The summed E-state index contributed by atoms with van der Waals surface area (Å²) in [6.07, 6.45) is 1.38. The zero-order valence-electron chi connectivity index (χ0n) is 8.69. The summed E-state index contributed by atoms with van der Waals surface area (Å²) >= 11 is 0. The molecule has 1 aromatic carbocycles. The van der Waals surface area contributed by atoms with Gasteiger partial charge in [-0.15, -0.1) is 0 Å². The summed E-state index contributed by atoms with van der Waals surface area (Å²) in [4.78, 5) is 13.6. The Morgan fingerprint density at radius 1 is 1.40 bits per heavy atom. The number of amides is 1. The highest BCUT2D eigenvalue weighted by molar-refractivity contribution is 5.97. The van der Waals surface area contributed by atoms with Crippen molar-refractivity contribution in [2.24, 2.45) is 0 Å². The molecule has 2 aliphatic rings. The van der Waals surface area contributed by atoms with Gasteiger partial charge in [0.2, 0.25) is 5.91 Å². The molecule has 1 fully saturated rings. The minimum atomic E-state index is -0.411. The second-order valence-electron chi connectivity index (χ2n) is 4.32. The summed E-state index contributed by atoms with van der Waals surface area (Å²) < 4.78 is 5.79. The lowest BCUT2D eigenvalue weighted by Crippen LogP contribution is -2.48. The van der Waals surface area contributed by atoms with Crippen molar-refractivity contribution in [1.82, 2.24) is 0 Å². The highest BCUT2D eigenvalue weighted by atomic mass is 16.5. The van der Waals surface area contributed by atoms with E-state index >= 15 is 0 Å². The molecule has 2 aliphatic heterocycles. The Balaban J connectivity index is 2.16. The van der Waals surface area contributed by atoms with Gasteiger partial charge in [0.1, 0.15) is 5.72 Å². The fraction of sp³-hybridized carbons (Fsp3) is 0.417. The fourth-order valence-electron chi connectivity index (χ4n) is 2.44. The summed E-state index contributed by atoms with van der Waals surface area (Å²) in [6.45, 7) is 2.60. The zero-order chi connectivity index (χ0) is 10.5. The molecule has 0 spiro atoms. The van der Waals surface area contributed by atoms with Crippen molar-refractivity contribution in [1.29, 1.82) is 0 Å². The molecule has 3 nitrogen and oxygen atoms in total. The number of ether oxygens (including phenoxy) is 1. The van der Waals surface area contributed by atoms with Gasteiger partial charge >= 0.3 is 0 Å². The van der Waals surface area contributed by atoms with Crippen LogP contribution in [0.3, 0.4) is 0 Å². The van der Waals surface area contributed by atoms with Crippen LogP contribution in [0.1, 0.15) is 25.3 Å². The van der Waals surface area contributed by atoms with Crippen molar-refractivity contribution < 1.29 is 9.53 Å². The van der Waals surface area contributed by atoms with Gasteiger partial charge in [0, 0.05) is 18.4 Å². The van der Waals surface area contributed by atoms with Gasteiger partial charge in [-0.05, 0) is 13.0 Å². The smallest absolute Gasteiger partial charge is 0.229 e. The van der Waals surface area contributed by atoms with Crippen LogP contribution >= 0.6 is 0 Å². The molecule has 0 aromatic heterocycles. The number of benzene rings is 1. The number of hydrogen-bond acceptors (Lipinski definition) is 2. The Morgan fingerprint density at radius 2 is 2.20 bits per heavy atom. The number of para-hydroxylation sites is 1. The van der Waals surface area contributed by atoms with E-state index in [9.17, 15) is 4.79 Å². The van der Waals surface area contributed by atoms with Crippen molar-refractivity contribution >= 4 is 11.6 Å². The van der Waals surface area contributed by atoms with E-state index in [1.165, 1.54) is 0 Å². The molecule has 1 aromatic rings.